The van der Waals surface area contributed by atoms with Crippen LogP contribution in [-0.2, 0) is 9.32 Å². The van der Waals surface area contributed by atoms with Crippen molar-refractivity contribution in [2.75, 3.05) is 0 Å². The normalized spacial score (nSPS) is 9.85. The summed E-state index contributed by atoms with van der Waals surface area (Å²) in [5.41, 5.74) is 0. The lowest BCUT2D eigenvalue weighted by Crippen LogP contribution is -2.04. The van der Waals surface area contributed by atoms with Gasteiger partial charge in [0.15, 0.2) is 0 Å². The maximum Gasteiger partial charge on any atom is 0.532 e. The van der Waals surface area contributed by atoms with Crippen molar-refractivity contribution < 1.29 is 18.4 Å². The number of para-hydroxylation sites is 2. The van der Waals surface area contributed by atoms with Crippen LogP contribution in [0.15, 0.2) is 73.3 Å². The molecule has 0 unspecified atom stereocenters. The molecule has 0 N–H and O–H groups in total. The fourth-order valence-corrected chi connectivity index (χ4v) is 2.22. The Labute approximate surface area is 118 Å². The fraction of sp³-hybridized carbons (Fsp3) is 0. The van der Waals surface area contributed by atoms with Crippen LogP contribution in [0.2, 0.25) is 0 Å². The molecule has 0 aromatic heterocycles. The molecule has 2 aromatic carbocycles. The van der Waals surface area contributed by atoms with Crippen molar-refractivity contribution in [3.63, 3.8) is 0 Å². The maximum absolute atomic E-state index is 11.3. The van der Waals surface area contributed by atoms with Crippen LogP contribution in [0.4, 0.5) is 0 Å². The van der Waals surface area contributed by atoms with Gasteiger partial charge >= 0.3 is 14.6 Å². The Morgan fingerprint density at radius 1 is 0.900 bits per heavy atom. The number of carbonyl (C=O) groups is 1. The Kier molecular flexibility index (Phi) is 5.15. The van der Waals surface area contributed by atoms with E-state index in [-0.39, 0.29) is 0 Å². The molecule has 20 heavy (non-hydrogen) atoms. The second kappa shape index (κ2) is 7.31. The van der Waals surface area contributed by atoms with E-state index in [0.29, 0.717) is 11.5 Å². The quantitative estimate of drug-likeness (QED) is 0.593. The van der Waals surface area contributed by atoms with E-state index in [0.717, 1.165) is 6.08 Å². The molecule has 0 saturated heterocycles. The molecule has 2 aromatic rings. The molecule has 102 valence electrons. The number of hydrogen-bond acceptors (Lipinski definition) is 4. The summed E-state index contributed by atoms with van der Waals surface area (Å²) in [5, 5.41) is 0. The summed E-state index contributed by atoms with van der Waals surface area (Å²) in [4.78, 5) is 11.3. The largest absolute Gasteiger partial charge is 0.532 e. The Hall–Kier alpha value is -2.32. The maximum atomic E-state index is 11.3. The molecule has 2 rings (SSSR count). The highest BCUT2D eigenvalue weighted by Gasteiger charge is 2.21. The molecule has 0 aliphatic heterocycles. The van der Waals surface area contributed by atoms with Crippen LogP contribution in [-0.4, -0.2) is 5.97 Å². The predicted molar refractivity (Wildman–Crippen MR) is 77.3 cm³/mol. The number of carbonyl (C=O) groups excluding carboxylic acids is 1. The van der Waals surface area contributed by atoms with Gasteiger partial charge in [-0.25, -0.2) is 4.79 Å². The van der Waals surface area contributed by atoms with Crippen LogP contribution in [0.5, 0.6) is 11.5 Å². The van der Waals surface area contributed by atoms with Crippen LogP contribution in [0.1, 0.15) is 0 Å². The fourth-order valence-electron chi connectivity index (χ4n) is 1.30. The Bertz CT molecular complexity index is 515. The van der Waals surface area contributed by atoms with Gasteiger partial charge in [0.05, 0.1) is 0 Å². The second-order valence-electron chi connectivity index (χ2n) is 3.65. The minimum atomic E-state index is -1.88. The van der Waals surface area contributed by atoms with Crippen molar-refractivity contribution in [2.45, 2.75) is 0 Å². The third kappa shape index (κ3) is 4.41. The van der Waals surface area contributed by atoms with E-state index in [9.17, 15) is 4.79 Å². The van der Waals surface area contributed by atoms with Crippen molar-refractivity contribution >= 4 is 14.6 Å². The van der Waals surface area contributed by atoms with Gasteiger partial charge in [0, 0.05) is 6.08 Å². The molecule has 0 bridgehead atoms. The molecule has 0 saturated carbocycles. The lowest BCUT2D eigenvalue weighted by atomic mass is 10.3. The Balaban J connectivity index is 2.08. The van der Waals surface area contributed by atoms with Gasteiger partial charge in [-0.05, 0) is 24.3 Å². The van der Waals surface area contributed by atoms with Crippen molar-refractivity contribution in [1.82, 2.24) is 0 Å². The number of rotatable bonds is 6. The van der Waals surface area contributed by atoms with E-state index in [1.165, 1.54) is 0 Å². The summed E-state index contributed by atoms with van der Waals surface area (Å²) in [6.45, 7) is 3.35. The zero-order valence-electron chi connectivity index (χ0n) is 10.6. The first-order chi connectivity index (χ1) is 9.78. The van der Waals surface area contributed by atoms with Crippen molar-refractivity contribution in [3.05, 3.63) is 73.3 Å². The summed E-state index contributed by atoms with van der Waals surface area (Å²) in [5.74, 6) is 0.529. The zero-order chi connectivity index (χ0) is 14.2. The summed E-state index contributed by atoms with van der Waals surface area (Å²) >= 11 is 0. The van der Waals surface area contributed by atoms with Crippen LogP contribution >= 0.6 is 8.60 Å². The lowest BCUT2D eigenvalue weighted by molar-refractivity contribution is -0.129. The van der Waals surface area contributed by atoms with E-state index in [1.807, 2.05) is 36.4 Å². The minimum Gasteiger partial charge on any atom is -0.408 e. The first-order valence-corrected chi connectivity index (χ1v) is 6.98. The number of hydrogen-bond donors (Lipinski definition) is 0. The van der Waals surface area contributed by atoms with Crippen LogP contribution in [0.25, 0.3) is 0 Å². The highest BCUT2D eigenvalue weighted by Crippen LogP contribution is 2.41. The second-order valence-corrected chi connectivity index (χ2v) is 4.64. The smallest absolute Gasteiger partial charge is 0.408 e. The molecule has 4 nitrogen and oxygen atoms in total. The molecular weight excluding hydrogens is 275 g/mol. The molecule has 0 fully saturated rings. The molecule has 0 amide bonds. The molecule has 0 heterocycles. The predicted octanol–water partition coefficient (Wildman–Crippen LogP) is 4.10. The van der Waals surface area contributed by atoms with Gasteiger partial charge in [0.2, 0.25) is 0 Å². The van der Waals surface area contributed by atoms with Crippen LogP contribution in [0.3, 0.4) is 0 Å². The van der Waals surface area contributed by atoms with E-state index < -0.39 is 14.6 Å². The SMILES string of the molecule is C=CC(=O)OP(Oc1ccccc1)Oc1ccccc1. The van der Waals surface area contributed by atoms with Gasteiger partial charge in [-0.2, -0.15) is 0 Å². The standard InChI is InChI=1S/C15H13O4P/c1-2-15(16)19-20(17-13-9-5-3-6-10-13)18-14-11-7-4-8-12-14/h2-12H,1H2. The first kappa shape index (κ1) is 14.1. The van der Waals surface area contributed by atoms with E-state index in [4.69, 9.17) is 13.6 Å². The van der Waals surface area contributed by atoms with Gasteiger partial charge in [-0.3, -0.25) is 0 Å². The average molecular weight is 288 g/mol. The van der Waals surface area contributed by atoms with Crippen molar-refractivity contribution in [2.24, 2.45) is 0 Å². The molecule has 0 atom stereocenters. The van der Waals surface area contributed by atoms with Gasteiger partial charge in [0.25, 0.3) is 0 Å². The lowest BCUT2D eigenvalue weighted by Gasteiger charge is -2.15. The molecule has 0 spiro atoms. The van der Waals surface area contributed by atoms with E-state index >= 15 is 0 Å². The molecule has 5 heteroatoms. The van der Waals surface area contributed by atoms with E-state index in [2.05, 4.69) is 6.58 Å². The Morgan fingerprint density at radius 3 is 1.75 bits per heavy atom. The molecular formula is C15H13O4P. The van der Waals surface area contributed by atoms with Gasteiger partial charge in [0.1, 0.15) is 11.5 Å². The summed E-state index contributed by atoms with van der Waals surface area (Å²) in [7, 11) is -1.88. The van der Waals surface area contributed by atoms with Gasteiger partial charge in [-0.15, -0.1) is 0 Å². The topological polar surface area (TPSA) is 44.8 Å². The Morgan fingerprint density at radius 2 is 1.35 bits per heavy atom. The molecule has 0 aliphatic rings. The molecule has 0 aliphatic carbocycles. The highest BCUT2D eigenvalue weighted by molar-refractivity contribution is 7.43. The van der Waals surface area contributed by atoms with Crippen molar-refractivity contribution in [3.8, 4) is 11.5 Å². The number of benzene rings is 2. The average Bonchev–Trinajstić information content (AvgIpc) is 2.49. The first-order valence-electron chi connectivity index (χ1n) is 5.88. The summed E-state index contributed by atoms with van der Waals surface area (Å²) in [6, 6.07) is 18.0. The third-order valence-corrected chi connectivity index (χ3v) is 3.23. The minimum absolute atomic E-state index is 0.561. The zero-order valence-corrected chi connectivity index (χ0v) is 11.5. The monoisotopic (exact) mass is 288 g/mol. The van der Waals surface area contributed by atoms with Crippen LogP contribution < -0.4 is 9.05 Å². The highest BCUT2D eigenvalue weighted by atomic mass is 31.2. The van der Waals surface area contributed by atoms with Gasteiger partial charge < -0.3 is 13.6 Å². The van der Waals surface area contributed by atoms with Crippen LogP contribution in [0, 0.1) is 0 Å². The molecule has 0 radical (unpaired) electrons. The summed E-state index contributed by atoms with van der Waals surface area (Å²) in [6.07, 6.45) is 1.07. The third-order valence-electron chi connectivity index (χ3n) is 2.18. The van der Waals surface area contributed by atoms with Crippen molar-refractivity contribution in [1.29, 1.82) is 0 Å². The van der Waals surface area contributed by atoms with Gasteiger partial charge in [-0.1, -0.05) is 43.0 Å². The van der Waals surface area contributed by atoms with E-state index in [1.54, 1.807) is 24.3 Å². The summed E-state index contributed by atoms with van der Waals surface area (Å²) < 4.78 is 16.2.